The van der Waals surface area contributed by atoms with Crippen molar-refractivity contribution < 1.29 is 13.2 Å². The molecule has 18 heavy (non-hydrogen) atoms. The van der Waals surface area contributed by atoms with E-state index < -0.39 is 10.0 Å². The summed E-state index contributed by atoms with van der Waals surface area (Å²) in [5.74, 6) is 0.443. The van der Waals surface area contributed by atoms with Gasteiger partial charge in [0.15, 0.2) is 0 Å². The Bertz CT molecular complexity index is 357. The van der Waals surface area contributed by atoms with Crippen LogP contribution in [-0.2, 0) is 14.8 Å². The lowest BCUT2D eigenvalue weighted by atomic mass is 10.1. The lowest BCUT2D eigenvalue weighted by molar-refractivity contribution is 0.126. The van der Waals surface area contributed by atoms with Crippen LogP contribution in [0.5, 0.6) is 0 Å². The molecule has 2 N–H and O–H groups in total. The Labute approximate surface area is 116 Å². The smallest absolute Gasteiger partial charge is 0.216 e. The highest BCUT2D eigenvalue weighted by Gasteiger charge is 2.38. The number of nitrogens with two attached hydrogens (primary N) is 1. The third-order valence-electron chi connectivity index (χ3n) is 3.72. The second-order valence-corrected chi connectivity index (χ2v) is 7.14. The zero-order valence-electron chi connectivity index (χ0n) is 10.7. The van der Waals surface area contributed by atoms with Gasteiger partial charge >= 0.3 is 0 Å². The van der Waals surface area contributed by atoms with Crippen molar-refractivity contribution in [2.75, 3.05) is 25.4 Å². The lowest BCUT2D eigenvalue weighted by Crippen LogP contribution is -2.39. The SMILES string of the molecule is CC1CC(CN)CN1S(=O)(=O)CC1CCCO1.Cl. The Morgan fingerprint density at radius 3 is 2.67 bits per heavy atom. The van der Waals surface area contributed by atoms with Crippen LogP contribution < -0.4 is 5.73 Å². The molecule has 7 heteroatoms. The van der Waals surface area contributed by atoms with Gasteiger partial charge in [0.25, 0.3) is 0 Å². The number of hydrogen-bond donors (Lipinski definition) is 1. The first-order valence-corrected chi connectivity index (χ1v) is 7.95. The molecule has 0 saturated carbocycles. The van der Waals surface area contributed by atoms with Crippen LogP contribution in [0.15, 0.2) is 0 Å². The predicted octanol–water partition coefficient (Wildman–Crippen LogP) is 0.586. The highest BCUT2D eigenvalue weighted by atomic mass is 35.5. The van der Waals surface area contributed by atoms with Crippen molar-refractivity contribution in [3.63, 3.8) is 0 Å². The summed E-state index contributed by atoms with van der Waals surface area (Å²) >= 11 is 0. The highest BCUT2D eigenvalue weighted by molar-refractivity contribution is 7.89. The molecule has 2 heterocycles. The van der Waals surface area contributed by atoms with E-state index in [4.69, 9.17) is 10.5 Å². The zero-order valence-corrected chi connectivity index (χ0v) is 12.4. The molecule has 2 fully saturated rings. The fraction of sp³-hybridized carbons (Fsp3) is 1.00. The van der Waals surface area contributed by atoms with Gasteiger partial charge in [-0.05, 0) is 38.6 Å². The Morgan fingerprint density at radius 1 is 1.44 bits per heavy atom. The highest BCUT2D eigenvalue weighted by Crippen LogP contribution is 2.27. The van der Waals surface area contributed by atoms with Gasteiger partial charge in [-0.1, -0.05) is 0 Å². The summed E-state index contributed by atoms with van der Waals surface area (Å²) in [7, 11) is -3.18. The van der Waals surface area contributed by atoms with Gasteiger partial charge in [0.2, 0.25) is 10.0 Å². The van der Waals surface area contributed by atoms with Gasteiger partial charge < -0.3 is 10.5 Å². The molecule has 0 aromatic carbocycles. The van der Waals surface area contributed by atoms with Crippen LogP contribution in [0.25, 0.3) is 0 Å². The molecule has 3 atom stereocenters. The molecule has 3 unspecified atom stereocenters. The molecule has 0 aromatic heterocycles. The van der Waals surface area contributed by atoms with Crippen LogP contribution in [0, 0.1) is 5.92 Å². The molecule has 0 aliphatic carbocycles. The maximum Gasteiger partial charge on any atom is 0.216 e. The van der Waals surface area contributed by atoms with Crippen LogP contribution >= 0.6 is 12.4 Å². The molecule has 0 aromatic rings. The van der Waals surface area contributed by atoms with Crippen molar-refractivity contribution in [2.24, 2.45) is 11.7 Å². The molecule has 0 spiro atoms. The fourth-order valence-corrected chi connectivity index (χ4v) is 4.77. The minimum atomic E-state index is -3.18. The number of rotatable bonds is 4. The van der Waals surface area contributed by atoms with Gasteiger partial charge in [0.1, 0.15) is 0 Å². The van der Waals surface area contributed by atoms with E-state index >= 15 is 0 Å². The monoisotopic (exact) mass is 298 g/mol. The van der Waals surface area contributed by atoms with E-state index in [1.807, 2.05) is 6.92 Å². The van der Waals surface area contributed by atoms with E-state index in [2.05, 4.69) is 0 Å². The summed E-state index contributed by atoms with van der Waals surface area (Å²) in [4.78, 5) is 0. The molecule has 2 saturated heterocycles. The number of hydrogen-bond acceptors (Lipinski definition) is 4. The summed E-state index contributed by atoms with van der Waals surface area (Å²) in [5.41, 5.74) is 5.62. The standard InChI is InChI=1S/C11H22N2O3S.ClH/c1-9-5-10(6-12)7-13(9)17(14,15)8-11-3-2-4-16-11;/h9-11H,2-8,12H2,1H3;1H. The largest absolute Gasteiger partial charge is 0.377 e. The van der Waals surface area contributed by atoms with Gasteiger partial charge in [0.05, 0.1) is 11.9 Å². The number of halogens is 1. The molecule has 5 nitrogen and oxygen atoms in total. The molecule has 108 valence electrons. The van der Waals surface area contributed by atoms with Crippen LogP contribution in [0.1, 0.15) is 26.2 Å². The Hall–Kier alpha value is 0.120. The Kier molecular flexibility index (Phi) is 5.86. The number of ether oxygens (including phenoxy) is 1. The predicted molar refractivity (Wildman–Crippen MR) is 73.3 cm³/mol. The average molecular weight is 299 g/mol. The van der Waals surface area contributed by atoms with Gasteiger partial charge in [-0.2, -0.15) is 4.31 Å². The van der Waals surface area contributed by atoms with Crippen molar-refractivity contribution in [3.8, 4) is 0 Å². The molecule has 2 rings (SSSR count). The molecular weight excluding hydrogens is 276 g/mol. The molecule has 0 bridgehead atoms. The maximum atomic E-state index is 12.3. The summed E-state index contributed by atoms with van der Waals surface area (Å²) in [6.45, 7) is 3.80. The summed E-state index contributed by atoms with van der Waals surface area (Å²) < 4.78 is 31.6. The summed E-state index contributed by atoms with van der Waals surface area (Å²) in [6, 6.07) is 0.0787. The zero-order chi connectivity index (χ0) is 12.5. The minimum Gasteiger partial charge on any atom is -0.377 e. The van der Waals surface area contributed by atoms with E-state index in [-0.39, 0.29) is 30.3 Å². The van der Waals surface area contributed by atoms with Crippen LogP contribution in [0.3, 0.4) is 0 Å². The number of sulfonamides is 1. The molecule has 2 aliphatic rings. The summed E-state index contributed by atoms with van der Waals surface area (Å²) in [5, 5.41) is 0. The van der Waals surface area contributed by atoms with Gasteiger partial charge in [-0.3, -0.25) is 0 Å². The lowest BCUT2D eigenvalue weighted by Gasteiger charge is -2.22. The minimum absolute atomic E-state index is 0. The maximum absolute atomic E-state index is 12.3. The first kappa shape index (κ1) is 16.2. The average Bonchev–Trinajstić information content (AvgIpc) is 2.86. The van der Waals surface area contributed by atoms with Crippen molar-refractivity contribution in [3.05, 3.63) is 0 Å². The Balaban J connectivity index is 0.00000162. The summed E-state index contributed by atoms with van der Waals surface area (Å²) in [6.07, 6.45) is 2.61. The van der Waals surface area contributed by atoms with Crippen molar-refractivity contribution in [2.45, 2.75) is 38.3 Å². The van der Waals surface area contributed by atoms with E-state index in [0.717, 1.165) is 19.3 Å². The molecule has 0 amide bonds. The second-order valence-electron chi connectivity index (χ2n) is 5.17. The van der Waals surface area contributed by atoms with Gasteiger partial charge in [0, 0.05) is 19.2 Å². The third kappa shape index (κ3) is 3.57. The molecule has 0 radical (unpaired) electrons. The van der Waals surface area contributed by atoms with E-state index in [0.29, 0.717) is 25.6 Å². The van der Waals surface area contributed by atoms with Crippen LogP contribution in [0.4, 0.5) is 0 Å². The van der Waals surface area contributed by atoms with Crippen molar-refractivity contribution in [1.82, 2.24) is 4.31 Å². The number of nitrogens with zero attached hydrogens (tertiary/aromatic N) is 1. The van der Waals surface area contributed by atoms with Gasteiger partial charge in [-0.15, -0.1) is 12.4 Å². The molecule has 2 aliphatic heterocycles. The van der Waals surface area contributed by atoms with E-state index in [9.17, 15) is 8.42 Å². The first-order valence-electron chi connectivity index (χ1n) is 6.34. The second kappa shape index (κ2) is 6.52. The van der Waals surface area contributed by atoms with Crippen molar-refractivity contribution >= 4 is 22.4 Å². The normalized spacial score (nSPS) is 33.6. The Morgan fingerprint density at radius 2 is 2.17 bits per heavy atom. The fourth-order valence-electron chi connectivity index (χ4n) is 2.77. The van der Waals surface area contributed by atoms with E-state index in [1.165, 1.54) is 0 Å². The topological polar surface area (TPSA) is 72.6 Å². The molecular formula is C11H23ClN2O3S. The quantitative estimate of drug-likeness (QED) is 0.824. The van der Waals surface area contributed by atoms with Crippen molar-refractivity contribution in [1.29, 1.82) is 0 Å². The van der Waals surface area contributed by atoms with Crippen LogP contribution in [-0.4, -0.2) is 50.3 Å². The van der Waals surface area contributed by atoms with Crippen LogP contribution in [0.2, 0.25) is 0 Å². The van der Waals surface area contributed by atoms with E-state index in [1.54, 1.807) is 4.31 Å². The van der Waals surface area contributed by atoms with Gasteiger partial charge in [-0.25, -0.2) is 8.42 Å². The first-order chi connectivity index (χ1) is 8.03. The third-order valence-corrected chi connectivity index (χ3v) is 5.73.